The van der Waals surface area contributed by atoms with Crippen LogP contribution in [0.15, 0.2) is 52.3 Å². The molecule has 7 nitrogen and oxygen atoms in total. The molecule has 3 N–H and O–H groups in total. The molecule has 2 amide bonds. The van der Waals surface area contributed by atoms with Crippen molar-refractivity contribution >= 4 is 12.0 Å². The van der Waals surface area contributed by atoms with Crippen LogP contribution in [-0.4, -0.2) is 25.2 Å². The molecule has 9 heteroatoms. The minimum atomic E-state index is -0.948. The molecule has 0 aliphatic carbocycles. The lowest BCUT2D eigenvalue weighted by Gasteiger charge is -2.28. The van der Waals surface area contributed by atoms with E-state index in [1.807, 2.05) is 0 Å². The van der Waals surface area contributed by atoms with Crippen molar-refractivity contribution < 1.29 is 27.5 Å². The zero-order chi connectivity index (χ0) is 21.0. The van der Waals surface area contributed by atoms with Crippen LogP contribution in [0.3, 0.4) is 0 Å². The highest BCUT2D eigenvalue weighted by atomic mass is 19.2. The van der Waals surface area contributed by atoms with E-state index in [0.717, 1.165) is 12.1 Å². The Kier molecular flexibility index (Phi) is 6.28. The topological polar surface area (TPSA) is 92.6 Å². The second-order valence-corrected chi connectivity index (χ2v) is 6.44. The Labute approximate surface area is 166 Å². The third kappa shape index (κ3) is 4.62. The van der Waals surface area contributed by atoms with Gasteiger partial charge in [0.05, 0.1) is 18.4 Å². The van der Waals surface area contributed by atoms with Gasteiger partial charge in [0.15, 0.2) is 11.6 Å². The lowest BCUT2D eigenvalue weighted by Crippen LogP contribution is -2.48. The van der Waals surface area contributed by atoms with Gasteiger partial charge in [0.25, 0.3) is 0 Å². The minimum Gasteiger partial charge on any atom is -0.467 e. The van der Waals surface area contributed by atoms with E-state index in [1.54, 1.807) is 26.0 Å². The van der Waals surface area contributed by atoms with Crippen LogP contribution < -0.4 is 16.0 Å². The first-order chi connectivity index (χ1) is 13.9. The van der Waals surface area contributed by atoms with Gasteiger partial charge in [0.2, 0.25) is 0 Å². The molecular formula is C20H21F2N3O4. The molecule has 29 heavy (non-hydrogen) atoms. The molecule has 0 radical (unpaired) electrons. The fraction of sp³-hybridized carbons (Fsp3) is 0.300. The summed E-state index contributed by atoms with van der Waals surface area (Å²) in [5.41, 5.74) is 1.03. The molecule has 1 aromatic heterocycles. The van der Waals surface area contributed by atoms with Gasteiger partial charge in [0.1, 0.15) is 11.8 Å². The van der Waals surface area contributed by atoms with Crippen molar-refractivity contribution in [3.63, 3.8) is 0 Å². The molecule has 0 spiro atoms. The van der Waals surface area contributed by atoms with Crippen LogP contribution in [0.4, 0.5) is 13.6 Å². The average Bonchev–Trinajstić information content (AvgIpc) is 3.22. The molecule has 1 aliphatic heterocycles. The van der Waals surface area contributed by atoms with Crippen LogP contribution in [0, 0.1) is 11.6 Å². The molecule has 154 valence electrons. The van der Waals surface area contributed by atoms with Crippen molar-refractivity contribution in [3.05, 3.63) is 70.8 Å². The smallest absolute Gasteiger partial charge is 0.338 e. The van der Waals surface area contributed by atoms with E-state index in [1.165, 1.54) is 12.3 Å². The molecule has 0 bridgehead atoms. The van der Waals surface area contributed by atoms with Crippen molar-refractivity contribution in [2.24, 2.45) is 0 Å². The average molecular weight is 405 g/mol. The van der Waals surface area contributed by atoms with E-state index in [9.17, 15) is 18.4 Å². The van der Waals surface area contributed by atoms with Crippen LogP contribution in [0.5, 0.6) is 0 Å². The van der Waals surface area contributed by atoms with Gasteiger partial charge >= 0.3 is 12.0 Å². The number of benzene rings is 1. The van der Waals surface area contributed by atoms with Gasteiger partial charge in [-0.2, -0.15) is 0 Å². The summed E-state index contributed by atoms with van der Waals surface area (Å²) in [4.78, 5) is 24.7. The molecular weight excluding hydrogens is 384 g/mol. The summed E-state index contributed by atoms with van der Waals surface area (Å²) >= 11 is 0. The highest BCUT2D eigenvalue weighted by molar-refractivity contribution is 5.95. The van der Waals surface area contributed by atoms with Crippen molar-refractivity contribution in [2.75, 3.05) is 13.2 Å². The van der Waals surface area contributed by atoms with Crippen LogP contribution in [0.25, 0.3) is 0 Å². The number of urea groups is 1. The second kappa shape index (κ2) is 8.87. The summed E-state index contributed by atoms with van der Waals surface area (Å²) < 4.78 is 37.2. The molecule has 0 fully saturated rings. The Balaban J connectivity index is 1.87. The third-order valence-corrected chi connectivity index (χ3v) is 4.51. The zero-order valence-electron chi connectivity index (χ0n) is 15.9. The van der Waals surface area contributed by atoms with Crippen LogP contribution in [0.1, 0.15) is 37.3 Å². The lowest BCUT2D eigenvalue weighted by atomic mass is 9.99. The van der Waals surface area contributed by atoms with Crippen molar-refractivity contribution in [2.45, 2.75) is 25.9 Å². The molecule has 2 atom stereocenters. The minimum absolute atomic E-state index is 0.0823. The molecule has 1 aliphatic rings. The number of ether oxygens (including phenoxy) is 1. The molecule has 0 unspecified atom stereocenters. The van der Waals surface area contributed by atoms with E-state index in [-0.39, 0.29) is 24.8 Å². The number of furan rings is 1. The second-order valence-electron chi connectivity index (χ2n) is 6.44. The van der Waals surface area contributed by atoms with Gasteiger partial charge in [0, 0.05) is 18.3 Å². The van der Waals surface area contributed by atoms with Gasteiger partial charge < -0.3 is 25.1 Å². The van der Waals surface area contributed by atoms with E-state index in [2.05, 4.69) is 16.0 Å². The summed E-state index contributed by atoms with van der Waals surface area (Å²) in [6.07, 6.45) is 1.44. The van der Waals surface area contributed by atoms with Gasteiger partial charge in [-0.25, -0.2) is 18.4 Å². The van der Waals surface area contributed by atoms with Gasteiger partial charge in [-0.05, 0) is 43.7 Å². The lowest BCUT2D eigenvalue weighted by molar-refractivity contribution is -0.139. The predicted molar refractivity (Wildman–Crippen MR) is 99.6 cm³/mol. The molecule has 0 saturated heterocycles. The quantitative estimate of drug-likeness (QED) is 0.616. The number of nitrogens with one attached hydrogen (secondary N) is 3. The number of esters is 1. The number of rotatable bonds is 7. The number of carbonyl (C=O) groups excluding carboxylic acids is 2. The summed E-state index contributed by atoms with van der Waals surface area (Å²) in [6, 6.07) is 5.20. The van der Waals surface area contributed by atoms with Gasteiger partial charge in [-0.15, -0.1) is 0 Å². The Hall–Kier alpha value is -3.20. The number of halogens is 2. The van der Waals surface area contributed by atoms with E-state index in [4.69, 9.17) is 9.15 Å². The fourth-order valence-corrected chi connectivity index (χ4v) is 3.03. The fourth-order valence-electron chi connectivity index (χ4n) is 3.03. The summed E-state index contributed by atoms with van der Waals surface area (Å²) in [6.45, 7) is 3.68. The standard InChI is InChI=1S/C20H21F2N3O4/c1-3-28-19(26)17-15(24-20(27)25-18(17)16-5-4-8-29-16)10-23-11(2)12-6-7-13(21)14(22)9-12/h4-9,11,18,23H,3,10H2,1-2H3,(H2,24,25,27)/t11-,18-/m0/s1. The maximum atomic E-state index is 13.5. The number of carbonyl (C=O) groups is 2. The maximum absolute atomic E-state index is 13.5. The third-order valence-electron chi connectivity index (χ3n) is 4.51. The van der Waals surface area contributed by atoms with Crippen molar-refractivity contribution in [1.82, 2.24) is 16.0 Å². The Morgan fingerprint density at radius 2 is 2.10 bits per heavy atom. The molecule has 2 aromatic rings. The zero-order valence-corrected chi connectivity index (χ0v) is 15.9. The summed E-state index contributed by atoms with van der Waals surface area (Å²) in [5.74, 6) is -2.09. The number of hydrogen-bond donors (Lipinski definition) is 3. The normalized spacial score (nSPS) is 17.5. The van der Waals surface area contributed by atoms with Crippen molar-refractivity contribution in [3.8, 4) is 0 Å². The Bertz CT molecular complexity index is 928. The Morgan fingerprint density at radius 1 is 1.31 bits per heavy atom. The summed E-state index contributed by atoms with van der Waals surface area (Å²) in [7, 11) is 0. The molecule has 3 rings (SSSR count). The Morgan fingerprint density at radius 3 is 2.76 bits per heavy atom. The SMILES string of the molecule is CCOC(=O)C1=C(CN[C@@H](C)c2ccc(F)c(F)c2)NC(=O)N[C@H]1c1ccco1. The number of amides is 2. The van der Waals surface area contributed by atoms with E-state index in [0.29, 0.717) is 17.0 Å². The van der Waals surface area contributed by atoms with Gasteiger partial charge in [-0.3, -0.25) is 0 Å². The monoisotopic (exact) mass is 405 g/mol. The van der Waals surface area contributed by atoms with Crippen LogP contribution in [0.2, 0.25) is 0 Å². The van der Waals surface area contributed by atoms with Gasteiger partial charge in [-0.1, -0.05) is 6.07 Å². The largest absolute Gasteiger partial charge is 0.467 e. The molecule has 1 aromatic carbocycles. The maximum Gasteiger partial charge on any atom is 0.338 e. The van der Waals surface area contributed by atoms with Crippen LogP contribution in [-0.2, 0) is 9.53 Å². The highest BCUT2D eigenvalue weighted by Crippen LogP contribution is 2.28. The van der Waals surface area contributed by atoms with Crippen LogP contribution >= 0.6 is 0 Å². The summed E-state index contributed by atoms with van der Waals surface area (Å²) in [5, 5.41) is 8.37. The van der Waals surface area contributed by atoms with Crippen molar-refractivity contribution in [1.29, 1.82) is 0 Å². The van der Waals surface area contributed by atoms with E-state index < -0.39 is 29.7 Å². The highest BCUT2D eigenvalue weighted by Gasteiger charge is 2.35. The first-order valence-electron chi connectivity index (χ1n) is 9.10. The molecule has 2 heterocycles. The van der Waals surface area contributed by atoms with E-state index >= 15 is 0 Å². The number of hydrogen-bond acceptors (Lipinski definition) is 5. The first kappa shape index (κ1) is 20.5. The predicted octanol–water partition coefficient (Wildman–Crippen LogP) is 3.08. The molecule has 0 saturated carbocycles. The first-order valence-corrected chi connectivity index (χ1v) is 9.10.